The van der Waals surface area contributed by atoms with Crippen molar-refractivity contribution in [2.45, 2.75) is 52.0 Å². The zero-order valence-corrected chi connectivity index (χ0v) is 15.0. The van der Waals surface area contributed by atoms with Gasteiger partial charge in [-0.3, -0.25) is 14.4 Å². The Labute approximate surface area is 144 Å². The summed E-state index contributed by atoms with van der Waals surface area (Å²) in [6.07, 6.45) is 7.20. The number of aromatic nitrogens is 3. The van der Waals surface area contributed by atoms with E-state index in [9.17, 15) is 4.79 Å². The number of amides is 1. The third kappa shape index (κ3) is 2.85. The maximum Gasteiger partial charge on any atom is 0.230 e. The molecule has 1 aromatic rings. The van der Waals surface area contributed by atoms with Crippen LogP contribution in [0.2, 0.25) is 0 Å². The maximum absolute atomic E-state index is 13.2. The van der Waals surface area contributed by atoms with Crippen molar-refractivity contribution in [3.63, 3.8) is 0 Å². The number of piperidine rings is 1. The summed E-state index contributed by atoms with van der Waals surface area (Å²) >= 11 is 0. The van der Waals surface area contributed by atoms with Crippen molar-refractivity contribution in [2.75, 3.05) is 26.2 Å². The maximum atomic E-state index is 13.2. The molecule has 1 aliphatic carbocycles. The van der Waals surface area contributed by atoms with Crippen LogP contribution in [0.15, 0.2) is 0 Å². The summed E-state index contributed by atoms with van der Waals surface area (Å²) in [5.74, 6) is 3.02. The third-order valence-electron chi connectivity index (χ3n) is 6.28. The Bertz CT molecular complexity index is 623. The molecule has 6 nitrogen and oxygen atoms in total. The molecule has 1 aromatic heterocycles. The average molecular weight is 331 g/mol. The van der Waals surface area contributed by atoms with Gasteiger partial charge in [-0.25, -0.2) is 4.98 Å². The molecule has 2 aliphatic heterocycles. The van der Waals surface area contributed by atoms with Crippen molar-refractivity contribution < 1.29 is 4.79 Å². The Balaban J connectivity index is 1.41. The highest BCUT2D eigenvalue weighted by Gasteiger charge is 2.48. The highest BCUT2D eigenvalue weighted by molar-refractivity contribution is 5.84. The number of carbonyl (C=O) groups is 1. The van der Waals surface area contributed by atoms with Crippen molar-refractivity contribution in [3.05, 3.63) is 11.6 Å². The van der Waals surface area contributed by atoms with E-state index in [0.29, 0.717) is 5.91 Å². The normalized spacial score (nSPS) is 28.8. The Kier molecular flexibility index (Phi) is 4.11. The summed E-state index contributed by atoms with van der Waals surface area (Å²) in [7, 11) is 1.95. The first-order chi connectivity index (χ1) is 11.6. The summed E-state index contributed by atoms with van der Waals surface area (Å²) in [4.78, 5) is 22.3. The van der Waals surface area contributed by atoms with Crippen LogP contribution in [0.4, 0.5) is 0 Å². The van der Waals surface area contributed by atoms with E-state index >= 15 is 0 Å². The molecule has 0 aromatic carbocycles. The number of hydrogen-bond acceptors (Lipinski definition) is 4. The standard InChI is InChI=1S/C18H29N5O/c1-14-19-16(21(2)20-14)12-22-10-8-18(13-22)7-4-9-23(17(18)24)11-15-5-3-6-15/h15H,3-13H2,1-2H3/t18-/m0/s1. The molecule has 3 aliphatic rings. The molecule has 3 heterocycles. The van der Waals surface area contributed by atoms with Crippen LogP contribution < -0.4 is 0 Å². The zero-order valence-electron chi connectivity index (χ0n) is 15.0. The molecule has 1 atom stereocenters. The van der Waals surface area contributed by atoms with E-state index in [1.807, 2.05) is 18.7 Å². The minimum atomic E-state index is -0.129. The smallest absolute Gasteiger partial charge is 0.230 e. The molecule has 0 bridgehead atoms. The van der Waals surface area contributed by atoms with Gasteiger partial charge in [0.1, 0.15) is 11.6 Å². The van der Waals surface area contributed by atoms with Gasteiger partial charge in [0.2, 0.25) is 5.91 Å². The minimum Gasteiger partial charge on any atom is -0.342 e. The number of rotatable bonds is 4. The molecule has 0 N–H and O–H groups in total. The van der Waals surface area contributed by atoms with Crippen molar-refractivity contribution in [1.82, 2.24) is 24.6 Å². The van der Waals surface area contributed by atoms with Crippen molar-refractivity contribution in [1.29, 1.82) is 0 Å². The molecular formula is C18H29N5O. The molecule has 24 heavy (non-hydrogen) atoms. The van der Waals surface area contributed by atoms with Crippen LogP contribution in [0, 0.1) is 18.3 Å². The lowest BCUT2D eigenvalue weighted by atomic mass is 9.77. The fourth-order valence-corrected chi connectivity index (χ4v) is 4.68. The van der Waals surface area contributed by atoms with Gasteiger partial charge in [-0.1, -0.05) is 6.42 Å². The van der Waals surface area contributed by atoms with Gasteiger partial charge in [-0.15, -0.1) is 0 Å². The first-order valence-corrected chi connectivity index (χ1v) is 9.44. The molecule has 2 saturated heterocycles. The van der Waals surface area contributed by atoms with Crippen LogP contribution in [0.5, 0.6) is 0 Å². The second-order valence-corrected chi connectivity index (χ2v) is 8.09. The molecule has 1 spiro atoms. The van der Waals surface area contributed by atoms with Gasteiger partial charge in [0.05, 0.1) is 12.0 Å². The molecular weight excluding hydrogens is 302 g/mol. The monoisotopic (exact) mass is 331 g/mol. The average Bonchev–Trinajstić information content (AvgIpc) is 3.04. The fourth-order valence-electron chi connectivity index (χ4n) is 4.68. The van der Waals surface area contributed by atoms with Crippen LogP contribution in [-0.2, 0) is 18.4 Å². The quantitative estimate of drug-likeness (QED) is 0.843. The lowest BCUT2D eigenvalue weighted by Crippen LogP contribution is -2.51. The first kappa shape index (κ1) is 16.1. The number of hydrogen-bond donors (Lipinski definition) is 0. The van der Waals surface area contributed by atoms with E-state index < -0.39 is 0 Å². The van der Waals surface area contributed by atoms with E-state index in [1.165, 1.54) is 19.3 Å². The van der Waals surface area contributed by atoms with Gasteiger partial charge < -0.3 is 4.90 Å². The lowest BCUT2D eigenvalue weighted by molar-refractivity contribution is -0.146. The Morgan fingerprint density at radius 1 is 1.21 bits per heavy atom. The summed E-state index contributed by atoms with van der Waals surface area (Å²) in [5, 5.41) is 4.34. The fraction of sp³-hybridized carbons (Fsp3) is 0.833. The van der Waals surface area contributed by atoms with Crippen molar-refractivity contribution in [3.8, 4) is 0 Å². The first-order valence-electron chi connectivity index (χ1n) is 9.44. The minimum absolute atomic E-state index is 0.129. The van der Waals surface area contributed by atoms with E-state index in [4.69, 9.17) is 0 Å². The third-order valence-corrected chi connectivity index (χ3v) is 6.28. The summed E-state index contributed by atoms with van der Waals surface area (Å²) < 4.78 is 1.87. The molecule has 1 saturated carbocycles. The topological polar surface area (TPSA) is 54.3 Å². The molecule has 3 fully saturated rings. The second-order valence-electron chi connectivity index (χ2n) is 8.09. The molecule has 0 unspecified atom stereocenters. The summed E-state index contributed by atoms with van der Waals surface area (Å²) in [6, 6.07) is 0. The highest BCUT2D eigenvalue weighted by Crippen LogP contribution is 2.41. The Morgan fingerprint density at radius 3 is 2.71 bits per heavy atom. The summed E-state index contributed by atoms with van der Waals surface area (Å²) in [5.41, 5.74) is -0.129. The number of likely N-dealkylation sites (tertiary alicyclic amines) is 2. The van der Waals surface area contributed by atoms with Gasteiger partial charge >= 0.3 is 0 Å². The molecule has 1 amide bonds. The van der Waals surface area contributed by atoms with Crippen LogP contribution in [0.25, 0.3) is 0 Å². The van der Waals surface area contributed by atoms with Crippen LogP contribution in [0.1, 0.15) is 50.2 Å². The van der Waals surface area contributed by atoms with Crippen LogP contribution in [-0.4, -0.2) is 56.7 Å². The van der Waals surface area contributed by atoms with Gasteiger partial charge in [0.15, 0.2) is 0 Å². The van der Waals surface area contributed by atoms with E-state index in [0.717, 1.165) is 69.6 Å². The van der Waals surface area contributed by atoms with E-state index in [2.05, 4.69) is 19.9 Å². The summed E-state index contributed by atoms with van der Waals surface area (Å²) in [6.45, 7) is 6.59. The zero-order chi connectivity index (χ0) is 16.7. The Morgan fingerprint density at radius 2 is 2.04 bits per heavy atom. The second kappa shape index (κ2) is 6.14. The van der Waals surface area contributed by atoms with Gasteiger partial charge in [-0.2, -0.15) is 5.10 Å². The lowest BCUT2D eigenvalue weighted by Gasteiger charge is -2.42. The predicted molar refractivity (Wildman–Crippen MR) is 91.2 cm³/mol. The van der Waals surface area contributed by atoms with E-state index in [1.54, 1.807) is 0 Å². The van der Waals surface area contributed by atoms with Crippen molar-refractivity contribution in [2.24, 2.45) is 18.4 Å². The number of nitrogens with zero attached hydrogens (tertiary/aromatic N) is 5. The van der Waals surface area contributed by atoms with Gasteiger partial charge in [0, 0.05) is 26.7 Å². The molecule has 0 radical (unpaired) electrons. The van der Waals surface area contributed by atoms with Crippen LogP contribution >= 0.6 is 0 Å². The molecule has 132 valence electrons. The number of carbonyl (C=O) groups excluding carboxylic acids is 1. The molecule has 6 heteroatoms. The predicted octanol–water partition coefficient (Wildman–Crippen LogP) is 1.74. The molecule has 4 rings (SSSR count). The van der Waals surface area contributed by atoms with Gasteiger partial charge in [-0.05, 0) is 51.5 Å². The van der Waals surface area contributed by atoms with Crippen molar-refractivity contribution >= 4 is 5.91 Å². The SMILES string of the molecule is Cc1nc(CN2CC[C@@]3(CCCN(CC4CCC4)C3=O)C2)n(C)n1. The Hall–Kier alpha value is -1.43. The van der Waals surface area contributed by atoms with E-state index in [-0.39, 0.29) is 5.41 Å². The highest BCUT2D eigenvalue weighted by atomic mass is 16.2. The van der Waals surface area contributed by atoms with Gasteiger partial charge in [0.25, 0.3) is 0 Å². The van der Waals surface area contributed by atoms with Crippen LogP contribution in [0.3, 0.4) is 0 Å². The largest absolute Gasteiger partial charge is 0.342 e. The number of aryl methyl sites for hydroxylation is 2.